The van der Waals surface area contributed by atoms with Crippen LogP contribution in [0.3, 0.4) is 0 Å². The standard InChI is InChI=1S/C23H18ClN3O4S/c1-29-19-9-5-14(11-20(19)30-2)21(28)27-23(32)25-16-7-3-13(4-8-16)22-26-17-12-15(24)6-10-18(17)31-22/h3-12H,1-2H3,(H2,25,27,28,32). The topological polar surface area (TPSA) is 85.6 Å². The molecule has 32 heavy (non-hydrogen) atoms. The minimum absolute atomic E-state index is 0.161. The van der Waals surface area contributed by atoms with E-state index < -0.39 is 0 Å². The Morgan fingerprint density at radius 3 is 2.47 bits per heavy atom. The smallest absolute Gasteiger partial charge is 0.257 e. The van der Waals surface area contributed by atoms with Crippen LogP contribution in [0.25, 0.3) is 22.6 Å². The Morgan fingerprint density at radius 2 is 1.75 bits per heavy atom. The molecule has 3 aromatic carbocycles. The molecule has 0 radical (unpaired) electrons. The molecule has 162 valence electrons. The van der Waals surface area contributed by atoms with Gasteiger partial charge in [0, 0.05) is 21.8 Å². The molecule has 0 spiro atoms. The zero-order valence-electron chi connectivity index (χ0n) is 17.1. The Balaban J connectivity index is 1.41. The van der Waals surface area contributed by atoms with Gasteiger partial charge in [0.15, 0.2) is 22.2 Å². The molecule has 0 unspecified atom stereocenters. The van der Waals surface area contributed by atoms with E-state index in [2.05, 4.69) is 15.6 Å². The highest BCUT2D eigenvalue weighted by Crippen LogP contribution is 2.28. The number of nitrogens with zero attached hydrogens (tertiary/aromatic N) is 1. The number of carbonyl (C=O) groups excluding carboxylic acids is 1. The summed E-state index contributed by atoms with van der Waals surface area (Å²) in [5, 5.41) is 6.38. The molecule has 0 saturated carbocycles. The van der Waals surface area contributed by atoms with E-state index in [-0.39, 0.29) is 11.0 Å². The SMILES string of the molecule is COc1ccc(C(=O)NC(=S)Nc2ccc(-c3nc4cc(Cl)ccc4o3)cc2)cc1OC. The molecule has 1 heterocycles. The number of oxazole rings is 1. The third kappa shape index (κ3) is 4.66. The van der Waals surface area contributed by atoms with Crippen molar-refractivity contribution in [2.45, 2.75) is 0 Å². The maximum atomic E-state index is 12.5. The molecule has 0 aliphatic heterocycles. The molecular formula is C23H18ClN3O4S. The molecule has 9 heteroatoms. The molecule has 1 amide bonds. The summed E-state index contributed by atoms with van der Waals surface area (Å²) < 4.78 is 16.2. The summed E-state index contributed by atoms with van der Waals surface area (Å²) in [5.74, 6) is 1.10. The lowest BCUT2D eigenvalue weighted by atomic mass is 10.2. The average Bonchev–Trinajstić information content (AvgIpc) is 3.22. The molecule has 0 aliphatic carbocycles. The summed E-state index contributed by atoms with van der Waals surface area (Å²) in [4.78, 5) is 17.0. The van der Waals surface area contributed by atoms with Gasteiger partial charge in [-0.2, -0.15) is 0 Å². The number of ether oxygens (including phenoxy) is 2. The highest BCUT2D eigenvalue weighted by molar-refractivity contribution is 7.80. The van der Waals surface area contributed by atoms with E-state index in [9.17, 15) is 4.79 Å². The Hall–Kier alpha value is -3.62. The number of methoxy groups -OCH3 is 2. The predicted molar refractivity (Wildman–Crippen MR) is 128 cm³/mol. The molecule has 2 N–H and O–H groups in total. The zero-order valence-corrected chi connectivity index (χ0v) is 18.7. The number of benzene rings is 3. The second-order valence-electron chi connectivity index (χ2n) is 6.69. The molecule has 7 nitrogen and oxygen atoms in total. The molecule has 0 saturated heterocycles. The Morgan fingerprint density at radius 1 is 1.00 bits per heavy atom. The van der Waals surface area contributed by atoms with Crippen molar-refractivity contribution in [3.63, 3.8) is 0 Å². The number of aromatic nitrogens is 1. The highest BCUT2D eigenvalue weighted by atomic mass is 35.5. The quantitative estimate of drug-likeness (QED) is 0.385. The van der Waals surface area contributed by atoms with Crippen molar-refractivity contribution in [2.24, 2.45) is 0 Å². The monoisotopic (exact) mass is 467 g/mol. The Labute approximate surface area is 194 Å². The first-order valence-electron chi connectivity index (χ1n) is 9.47. The van der Waals surface area contributed by atoms with E-state index in [0.29, 0.717) is 44.8 Å². The van der Waals surface area contributed by atoms with Crippen molar-refractivity contribution < 1.29 is 18.7 Å². The minimum Gasteiger partial charge on any atom is -0.493 e. The third-order valence-electron chi connectivity index (χ3n) is 4.61. The number of hydrogen-bond donors (Lipinski definition) is 2. The van der Waals surface area contributed by atoms with Crippen LogP contribution in [0.2, 0.25) is 5.02 Å². The van der Waals surface area contributed by atoms with Crippen molar-refractivity contribution in [2.75, 3.05) is 19.5 Å². The van der Waals surface area contributed by atoms with E-state index in [1.54, 1.807) is 36.4 Å². The molecule has 4 aromatic rings. The number of amides is 1. The maximum Gasteiger partial charge on any atom is 0.257 e. The van der Waals surface area contributed by atoms with Crippen LogP contribution < -0.4 is 20.1 Å². The summed E-state index contributed by atoms with van der Waals surface area (Å²) in [6, 6.07) is 17.5. The van der Waals surface area contributed by atoms with Crippen molar-refractivity contribution in [1.82, 2.24) is 10.3 Å². The fourth-order valence-corrected chi connectivity index (χ4v) is 3.41. The Bertz CT molecular complexity index is 1300. The summed E-state index contributed by atoms with van der Waals surface area (Å²) in [6.45, 7) is 0. The van der Waals surface area contributed by atoms with Gasteiger partial charge < -0.3 is 19.2 Å². The first-order chi connectivity index (χ1) is 15.5. The van der Waals surface area contributed by atoms with Gasteiger partial charge in [0.2, 0.25) is 5.89 Å². The van der Waals surface area contributed by atoms with E-state index >= 15 is 0 Å². The summed E-state index contributed by atoms with van der Waals surface area (Å²) in [6.07, 6.45) is 0. The minimum atomic E-state index is -0.370. The second kappa shape index (κ2) is 9.25. The number of fused-ring (bicyclic) bond motifs is 1. The van der Waals surface area contributed by atoms with Crippen molar-refractivity contribution >= 4 is 51.6 Å². The van der Waals surface area contributed by atoms with Crippen LogP contribution in [0, 0.1) is 0 Å². The number of rotatable bonds is 5. The van der Waals surface area contributed by atoms with Gasteiger partial charge >= 0.3 is 0 Å². The average molecular weight is 468 g/mol. The molecule has 1 aromatic heterocycles. The van der Waals surface area contributed by atoms with Crippen LogP contribution in [0.15, 0.2) is 65.1 Å². The van der Waals surface area contributed by atoms with Crippen LogP contribution in [-0.2, 0) is 0 Å². The van der Waals surface area contributed by atoms with Gasteiger partial charge in [-0.05, 0) is 72.9 Å². The first-order valence-corrected chi connectivity index (χ1v) is 10.3. The summed E-state index contributed by atoms with van der Waals surface area (Å²) in [5.41, 5.74) is 3.23. The molecule has 0 aliphatic rings. The molecular weight excluding hydrogens is 450 g/mol. The number of thiocarbonyl (C=S) groups is 1. The van der Waals surface area contributed by atoms with Crippen molar-refractivity contribution in [3.05, 3.63) is 71.2 Å². The normalized spacial score (nSPS) is 10.6. The van der Waals surface area contributed by atoms with Crippen LogP contribution in [0.5, 0.6) is 11.5 Å². The van der Waals surface area contributed by atoms with Crippen LogP contribution in [0.4, 0.5) is 5.69 Å². The third-order valence-corrected chi connectivity index (χ3v) is 5.05. The van der Waals surface area contributed by atoms with Gasteiger partial charge in [-0.25, -0.2) is 4.98 Å². The highest BCUT2D eigenvalue weighted by Gasteiger charge is 2.13. The van der Waals surface area contributed by atoms with Crippen molar-refractivity contribution in [1.29, 1.82) is 0 Å². The summed E-state index contributed by atoms with van der Waals surface area (Å²) in [7, 11) is 3.03. The number of carbonyl (C=O) groups is 1. The van der Waals surface area contributed by atoms with Gasteiger partial charge in [0.05, 0.1) is 14.2 Å². The lowest BCUT2D eigenvalue weighted by Gasteiger charge is -2.12. The zero-order chi connectivity index (χ0) is 22.7. The number of nitrogens with one attached hydrogen (secondary N) is 2. The summed E-state index contributed by atoms with van der Waals surface area (Å²) >= 11 is 11.3. The van der Waals surface area contributed by atoms with Crippen LogP contribution in [-0.4, -0.2) is 30.2 Å². The maximum absolute atomic E-state index is 12.5. The largest absolute Gasteiger partial charge is 0.493 e. The molecule has 0 atom stereocenters. The van der Waals surface area contributed by atoms with E-state index in [1.165, 1.54) is 14.2 Å². The molecule has 0 fully saturated rings. The van der Waals surface area contributed by atoms with E-state index in [4.69, 9.17) is 37.7 Å². The number of halogens is 1. The van der Waals surface area contributed by atoms with Gasteiger partial charge in [-0.15, -0.1) is 0 Å². The molecule has 0 bridgehead atoms. The molecule has 4 rings (SSSR count). The fourth-order valence-electron chi connectivity index (χ4n) is 3.04. The number of hydrogen-bond acceptors (Lipinski definition) is 6. The fraction of sp³-hybridized carbons (Fsp3) is 0.0870. The van der Waals surface area contributed by atoms with Crippen molar-refractivity contribution in [3.8, 4) is 23.0 Å². The van der Waals surface area contributed by atoms with Gasteiger partial charge in [-0.3, -0.25) is 10.1 Å². The predicted octanol–water partition coefficient (Wildman–Crippen LogP) is 5.29. The van der Waals surface area contributed by atoms with E-state index in [0.717, 1.165) is 5.56 Å². The van der Waals surface area contributed by atoms with Crippen LogP contribution in [0.1, 0.15) is 10.4 Å². The first kappa shape index (κ1) is 21.6. The lowest BCUT2D eigenvalue weighted by Crippen LogP contribution is -2.34. The van der Waals surface area contributed by atoms with Gasteiger partial charge in [-0.1, -0.05) is 11.6 Å². The number of anilines is 1. The van der Waals surface area contributed by atoms with Gasteiger partial charge in [0.1, 0.15) is 5.52 Å². The van der Waals surface area contributed by atoms with Crippen LogP contribution >= 0.6 is 23.8 Å². The lowest BCUT2D eigenvalue weighted by molar-refractivity contribution is 0.0977. The van der Waals surface area contributed by atoms with Gasteiger partial charge in [0.25, 0.3) is 5.91 Å². The second-order valence-corrected chi connectivity index (χ2v) is 7.53. The van der Waals surface area contributed by atoms with E-state index in [1.807, 2.05) is 24.3 Å². The Kier molecular flexibility index (Phi) is 6.25.